The van der Waals surface area contributed by atoms with E-state index in [-0.39, 0.29) is 17.0 Å². The van der Waals surface area contributed by atoms with Crippen molar-refractivity contribution in [3.05, 3.63) is 65.0 Å². The molecule has 0 heterocycles. The Kier molecular flexibility index (Phi) is 5.11. The van der Waals surface area contributed by atoms with Crippen molar-refractivity contribution in [3.63, 3.8) is 0 Å². The fourth-order valence-electron chi connectivity index (χ4n) is 2.03. The predicted octanol–water partition coefficient (Wildman–Crippen LogP) is 2.02. The number of nitrogens with one attached hydrogen (secondary N) is 1. The maximum atomic E-state index is 12.8. The molecule has 23 heavy (non-hydrogen) atoms. The molecule has 0 aliphatic rings. The highest BCUT2D eigenvalue weighted by atomic mass is 32.2. The van der Waals surface area contributed by atoms with E-state index in [0.29, 0.717) is 11.1 Å². The van der Waals surface area contributed by atoms with Gasteiger partial charge in [-0.15, -0.1) is 0 Å². The summed E-state index contributed by atoms with van der Waals surface area (Å²) >= 11 is 0. The van der Waals surface area contributed by atoms with Gasteiger partial charge in [0.1, 0.15) is 5.82 Å². The molecular formula is C16H15FN2O3S. The lowest BCUT2D eigenvalue weighted by Crippen LogP contribution is -2.29. The van der Waals surface area contributed by atoms with Crippen LogP contribution in [0.25, 0.3) is 0 Å². The first-order valence-electron chi connectivity index (χ1n) is 6.77. The Morgan fingerprint density at radius 3 is 2.52 bits per heavy atom. The molecule has 0 saturated carbocycles. The van der Waals surface area contributed by atoms with Crippen molar-refractivity contribution in [1.29, 1.82) is 5.26 Å². The third-order valence-corrected chi connectivity index (χ3v) is 4.89. The molecule has 0 saturated heterocycles. The van der Waals surface area contributed by atoms with E-state index in [1.54, 1.807) is 13.0 Å². The standard InChI is InChI=1S/C16H15FN2O3S/c1-11-2-3-12(9-18)8-16(11)23(21,22)19-10-15(20)13-4-6-14(17)7-5-13/h2-8,15,19-20H,10H2,1H3. The van der Waals surface area contributed by atoms with Crippen LogP contribution in [0.5, 0.6) is 0 Å². The lowest BCUT2D eigenvalue weighted by atomic mass is 10.1. The van der Waals surface area contributed by atoms with E-state index in [0.717, 1.165) is 0 Å². The van der Waals surface area contributed by atoms with Crippen LogP contribution >= 0.6 is 0 Å². The van der Waals surface area contributed by atoms with E-state index in [9.17, 15) is 17.9 Å². The molecule has 120 valence electrons. The molecule has 2 aromatic rings. The van der Waals surface area contributed by atoms with Gasteiger partial charge in [-0.25, -0.2) is 17.5 Å². The molecule has 1 unspecified atom stereocenters. The zero-order valence-electron chi connectivity index (χ0n) is 12.3. The lowest BCUT2D eigenvalue weighted by Gasteiger charge is -2.14. The number of rotatable bonds is 5. The molecule has 7 heteroatoms. The van der Waals surface area contributed by atoms with Gasteiger partial charge in [0.15, 0.2) is 0 Å². The molecule has 2 aromatic carbocycles. The van der Waals surface area contributed by atoms with E-state index in [1.165, 1.54) is 36.4 Å². The van der Waals surface area contributed by atoms with Gasteiger partial charge in [0.05, 0.1) is 22.6 Å². The maximum absolute atomic E-state index is 12.8. The van der Waals surface area contributed by atoms with Crippen molar-refractivity contribution in [3.8, 4) is 6.07 Å². The van der Waals surface area contributed by atoms with Gasteiger partial charge in [-0.1, -0.05) is 18.2 Å². The van der Waals surface area contributed by atoms with E-state index in [2.05, 4.69) is 4.72 Å². The van der Waals surface area contributed by atoms with Crippen LogP contribution in [0, 0.1) is 24.1 Å². The highest BCUT2D eigenvalue weighted by molar-refractivity contribution is 7.89. The molecule has 0 radical (unpaired) electrons. The fraction of sp³-hybridized carbons (Fsp3) is 0.188. The number of aliphatic hydroxyl groups excluding tert-OH is 1. The molecule has 5 nitrogen and oxygen atoms in total. The molecule has 2 N–H and O–H groups in total. The molecule has 0 spiro atoms. The highest BCUT2D eigenvalue weighted by Crippen LogP contribution is 2.18. The molecule has 0 bridgehead atoms. The van der Waals surface area contributed by atoms with Gasteiger partial charge in [0.25, 0.3) is 0 Å². The van der Waals surface area contributed by atoms with Crippen molar-refractivity contribution < 1.29 is 17.9 Å². The number of hydrogen-bond acceptors (Lipinski definition) is 4. The van der Waals surface area contributed by atoms with E-state index in [1.807, 2.05) is 6.07 Å². The molecule has 0 aliphatic heterocycles. The molecule has 1 atom stereocenters. The number of nitrogens with zero attached hydrogens (tertiary/aromatic N) is 1. The third-order valence-electron chi connectivity index (χ3n) is 3.33. The minimum atomic E-state index is -3.87. The second kappa shape index (κ2) is 6.87. The lowest BCUT2D eigenvalue weighted by molar-refractivity contribution is 0.182. The van der Waals surface area contributed by atoms with E-state index < -0.39 is 21.9 Å². The summed E-state index contributed by atoms with van der Waals surface area (Å²) in [5, 5.41) is 18.9. The summed E-state index contributed by atoms with van der Waals surface area (Å²) in [4.78, 5) is -0.0112. The highest BCUT2D eigenvalue weighted by Gasteiger charge is 2.19. The summed E-state index contributed by atoms with van der Waals surface area (Å²) in [6, 6.07) is 11.4. The summed E-state index contributed by atoms with van der Waals surface area (Å²) in [6.45, 7) is 1.36. The maximum Gasteiger partial charge on any atom is 0.240 e. The van der Waals surface area contributed by atoms with Gasteiger partial charge in [-0.3, -0.25) is 0 Å². The zero-order chi connectivity index (χ0) is 17.0. The topological polar surface area (TPSA) is 90.2 Å². The molecule has 0 aliphatic carbocycles. The Hall–Kier alpha value is -2.27. The first kappa shape index (κ1) is 17.1. The second-order valence-electron chi connectivity index (χ2n) is 5.01. The van der Waals surface area contributed by atoms with Gasteiger partial charge in [-0.2, -0.15) is 5.26 Å². The largest absolute Gasteiger partial charge is 0.387 e. The Labute approximate surface area is 134 Å². The molecule has 0 amide bonds. The van der Waals surface area contributed by atoms with Crippen LogP contribution in [0.1, 0.15) is 22.8 Å². The SMILES string of the molecule is Cc1ccc(C#N)cc1S(=O)(=O)NCC(O)c1ccc(F)cc1. The fourth-order valence-corrected chi connectivity index (χ4v) is 3.34. The number of hydrogen-bond donors (Lipinski definition) is 2. The number of sulfonamides is 1. The van der Waals surface area contributed by atoms with Crippen molar-refractivity contribution in [2.45, 2.75) is 17.9 Å². The predicted molar refractivity (Wildman–Crippen MR) is 82.4 cm³/mol. The summed E-state index contributed by atoms with van der Waals surface area (Å²) in [7, 11) is -3.87. The number of aryl methyl sites for hydroxylation is 1. The van der Waals surface area contributed by atoms with Gasteiger partial charge in [0, 0.05) is 6.54 Å². The normalized spacial score (nSPS) is 12.6. The second-order valence-corrected chi connectivity index (χ2v) is 6.75. The van der Waals surface area contributed by atoms with Crippen molar-refractivity contribution in [2.24, 2.45) is 0 Å². The molecule has 0 aromatic heterocycles. The van der Waals surface area contributed by atoms with Gasteiger partial charge in [-0.05, 0) is 42.3 Å². The van der Waals surface area contributed by atoms with Crippen LogP contribution in [0.2, 0.25) is 0 Å². The monoisotopic (exact) mass is 334 g/mol. The third kappa shape index (κ3) is 4.13. The average molecular weight is 334 g/mol. The van der Waals surface area contributed by atoms with E-state index in [4.69, 9.17) is 5.26 Å². The van der Waals surface area contributed by atoms with Crippen LogP contribution in [0.3, 0.4) is 0 Å². The average Bonchev–Trinajstić information content (AvgIpc) is 2.53. The van der Waals surface area contributed by atoms with Crippen LogP contribution < -0.4 is 4.72 Å². The van der Waals surface area contributed by atoms with Gasteiger partial charge in [0.2, 0.25) is 10.0 Å². The van der Waals surface area contributed by atoms with Crippen molar-refractivity contribution in [2.75, 3.05) is 6.54 Å². The van der Waals surface area contributed by atoms with Crippen LogP contribution in [-0.4, -0.2) is 20.1 Å². The minimum Gasteiger partial charge on any atom is -0.387 e. The summed E-state index contributed by atoms with van der Waals surface area (Å²) in [6.07, 6.45) is -1.11. The quantitative estimate of drug-likeness (QED) is 0.875. The van der Waals surface area contributed by atoms with E-state index >= 15 is 0 Å². The first-order chi connectivity index (χ1) is 10.8. The van der Waals surface area contributed by atoms with Gasteiger partial charge < -0.3 is 5.11 Å². The van der Waals surface area contributed by atoms with Crippen LogP contribution in [-0.2, 0) is 10.0 Å². The zero-order valence-corrected chi connectivity index (χ0v) is 13.1. The molecule has 2 rings (SSSR count). The Morgan fingerprint density at radius 2 is 1.91 bits per heavy atom. The van der Waals surface area contributed by atoms with Crippen LogP contribution in [0.15, 0.2) is 47.4 Å². The number of benzene rings is 2. The molecular weight excluding hydrogens is 319 g/mol. The number of halogens is 1. The molecule has 0 fully saturated rings. The van der Waals surface area contributed by atoms with Crippen LogP contribution in [0.4, 0.5) is 4.39 Å². The Morgan fingerprint density at radius 1 is 1.26 bits per heavy atom. The van der Waals surface area contributed by atoms with Crippen molar-refractivity contribution >= 4 is 10.0 Å². The van der Waals surface area contributed by atoms with Gasteiger partial charge >= 0.3 is 0 Å². The Balaban J connectivity index is 2.16. The summed E-state index contributed by atoms with van der Waals surface area (Å²) in [5.41, 5.74) is 1.12. The number of aliphatic hydroxyl groups is 1. The number of nitriles is 1. The smallest absolute Gasteiger partial charge is 0.240 e. The summed E-state index contributed by atoms with van der Waals surface area (Å²) < 4.78 is 39.8. The Bertz CT molecular complexity index is 843. The first-order valence-corrected chi connectivity index (χ1v) is 8.26. The minimum absolute atomic E-state index is 0.0112. The van der Waals surface area contributed by atoms with Crippen molar-refractivity contribution in [1.82, 2.24) is 4.72 Å². The summed E-state index contributed by atoms with van der Waals surface area (Å²) in [5.74, 6) is -0.439.